The number of fused-ring (bicyclic) bond motifs is 1. The molecule has 3 aromatic rings. The molecule has 10 heteroatoms. The molecule has 1 unspecified atom stereocenters. The van der Waals surface area contributed by atoms with Gasteiger partial charge in [0.25, 0.3) is 11.8 Å². The van der Waals surface area contributed by atoms with Crippen molar-refractivity contribution in [3.8, 4) is 0 Å². The molecule has 0 aliphatic carbocycles. The molecule has 1 aliphatic rings. The number of sulfonamides is 1. The van der Waals surface area contributed by atoms with Gasteiger partial charge in [0, 0.05) is 5.56 Å². The molecule has 0 spiro atoms. The highest BCUT2D eigenvalue weighted by molar-refractivity contribution is 7.89. The number of primary sulfonamides is 1. The predicted molar refractivity (Wildman–Crippen MR) is 109 cm³/mol. The van der Waals surface area contributed by atoms with E-state index in [0.29, 0.717) is 5.56 Å². The zero-order valence-electron chi connectivity index (χ0n) is 15.7. The van der Waals surface area contributed by atoms with Crippen molar-refractivity contribution in [2.24, 2.45) is 5.14 Å². The normalized spacial score (nSPS) is 15.9. The van der Waals surface area contributed by atoms with Crippen molar-refractivity contribution in [1.29, 1.82) is 0 Å². The van der Waals surface area contributed by atoms with Crippen molar-refractivity contribution in [3.63, 3.8) is 0 Å². The highest BCUT2D eigenvalue weighted by Crippen LogP contribution is 2.40. The molecule has 31 heavy (non-hydrogen) atoms. The zero-order chi connectivity index (χ0) is 22.3. The SMILES string of the molecule is NS(=O)(=O)c1ccc2c(c1)NC(=O)C(c1ccccc1)N2C(=O)c1ccc(F)c(F)c1. The smallest absolute Gasteiger partial charge is 0.259 e. The number of rotatable bonds is 3. The maximum Gasteiger partial charge on any atom is 0.259 e. The molecular formula is C21H15F2N3O4S. The molecule has 1 atom stereocenters. The number of carbonyl (C=O) groups is 2. The molecule has 0 aromatic heterocycles. The van der Waals surface area contributed by atoms with Crippen LogP contribution >= 0.6 is 0 Å². The Labute approximate surface area is 176 Å². The third-order valence-electron chi connectivity index (χ3n) is 4.82. The summed E-state index contributed by atoms with van der Waals surface area (Å²) in [6.45, 7) is 0. The average Bonchev–Trinajstić information content (AvgIpc) is 2.73. The lowest BCUT2D eigenvalue weighted by molar-refractivity contribution is -0.117. The Morgan fingerprint density at radius 1 is 0.968 bits per heavy atom. The molecule has 1 aliphatic heterocycles. The number of anilines is 2. The molecule has 0 fully saturated rings. The summed E-state index contributed by atoms with van der Waals surface area (Å²) in [5, 5.41) is 7.75. The van der Waals surface area contributed by atoms with Crippen LogP contribution in [-0.2, 0) is 14.8 Å². The van der Waals surface area contributed by atoms with Gasteiger partial charge in [0.05, 0.1) is 16.3 Å². The van der Waals surface area contributed by atoms with E-state index in [1.165, 1.54) is 12.1 Å². The van der Waals surface area contributed by atoms with Crippen LogP contribution in [0.15, 0.2) is 71.6 Å². The van der Waals surface area contributed by atoms with E-state index in [2.05, 4.69) is 5.32 Å². The first kappa shape index (κ1) is 20.6. The van der Waals surface area contributed by atoms with Crippen LogP contribution in [0.4, 0.5) is 20.2 Å². The fourth-order valence-corrected chi connectivity index (χ4v) is 3.93. The van der Waals surface area contributed by atoms with E-state index in [1.807, 2.05) is 0 Å². The highest BCUT2D eigenvalue weighted by Gasteiger charge is 2.39. The molecule has 3 aromatic carbocycles. The van der Waals surface area contributed by atoms with Crippen LogP contribution in [-0.4, -0.2) is 20.2 Å². The summed E-state index contributed by atoms with van der Waals surface area (Å²) in [5.41, 5.74) is 0.503. The number of nitrogens with one attached hydrogen (secondary N) is 1. The van der Waals surface area contributed by atoms with Gasteiger partial charge in [-0.15, -0.1) is 0 Å². The Balaban J connectivity index is 1.91. The van der Waals surface area contributed by atoms with E-state index in [1.54, 1.807) is 30.3 Å². The van der Waals surface area contributed by atoms with Crippen molar-refractivity contribution in [1.82, 2.24) is 0 Å². The lowest BCUT2D eigenvalue weighted by Gasteiger charge is -2.37. The number of nitrogens with two attached hydrogens (primary N) is 1. The molecular weight excluding hydrogens is 428 g/mol. The second kappa shape index (κ2) is 7.56. The fourth-order valence-electron chi connectivity index (χ4n) is 3.39. The second-order valence-electron chi connectivity index (χ2n) is 6.83. The Hall–Kier alpha value is -3.63. The fraction of sp³-hybridized carbons (Fsp3) is 0.0476. The van der Waals surface area contributed by atoms with E-state index in [4.69, 9.17) is 5.14 Å². The van der Waals surface area contributed by atoms with Crippen molar-refractivity contribution >= 4 is 33.2 Å². The molecule has 1 heterocycles. The van der Waals surface area contributed by atoms with Gasteiger partial charge in [0.15, 0.2) is 11.6 Å². The minimum Gasteiger partial charge on any atom is -0.322 e. The number of hydrogen-bond donors (Lipinski definition) is 2. The van der Waals surface area contributed by atoms with Gasteiger partial charge < -0.3 is 5.32 Å². The van der Waals surface area contributed by atoms with E-state index in [0.717, 1.165) is 29.2 Å². The first-order valence-electron chi connectivity index (χ1n) is 8.98. The third kappa shape index (κ3) is 3.78. The van der Waals surface area contributed by atoms with Gasteiger partial charge in [-0.05, 0) is 42.0 Å². The number of hydrogen-bond acceptors (Lipinski definition) is 4. The third-order valence-corrected chi connectivity index (χ3v) is 5.73. The van der Waals surface area contributed by atoms with Crippen molar-refractivity contribution in [2.45, 2.75) is 10.9 Å². The maximum absolute atomic E-state index is 13.8. The number of benzene rings is 3. The molecule has 158 valence electrons. The van der Waals surface area contributed by atoms with Crippen LogP contribution in [0.2, 0.25) is 0 Å². The molecule has 0 saturated heterocycles. The topological polar surface area (TPSA) is 110 Å². The van der Waals surface area contributed by atoms with Crippen LogP contribution in [0.3, 0.4) is 0 Å². The first-order valence-corrected chi connectivity index (χ1v) is 10.5. The molecule has 2 amide bonds. The van der Waals surface area contributed by atoms with Crippen LogP contribution in [0.25, 0.3) is 0 Å². The number of nitrogens with zero attached hydrogens (tertiary/aromatic N) is 1. The summed E-state index contributed by atoms with van der Waals surface area (Å²) in [7, 11) is -4.07. The standard InChI is InChI=1S/C21H15F2N3O4S/c22-15-8-6-13(10-16(15)23)21(28)26-18-9-7-14(31(24,29)30)11-17(18)25-20(27)19(26)12-4-2-1-3-5-12/h1-11,19H,(H,25,27)(H2,24,29,30). The number of carbonyl (C=O) groups excluding carboxylic acids is 2. The van der Waals surface area contributed by atoms with Gasteiger partial charge in [-0.2, -0.15) is 0 Å². The quantitative estimate of drug-likeness (QED) is 0.649. The molecule has 7 nitrogen and oxygen atoms in total. The van der Waals surface area contributed by atoms with Gasteiger partial charge in [-0.25, -0.2) is 22.3 Å². The van der Waals surface area contributed by atoms with Gasteiger partial charge in [0.2, 0.25) is 10.0 Å². The van der Waals surface area contributed by atoms with Crippen molar-refractivity contribution in [3.05, 3.63) is 89.5 Å². The van der Waals surface area contributed by atoms with E-state index in [9.17, 15) is 26.8 Å². The monoisotopic (exact) mass is 443 g/mol. The molecule has 3 N–H and O–H groups in total. The Morgan fingerprint density at radius 2 is 1.68 bits per heavy atom. The van der Waals surface area contributed by atoms with Gasteiger partial charge in [-0.1, -0.05) is 30.3 Å². The van der Waals surface area contributed by atoms with Gasteiger partial charge >= 0.3 is 0 Å². The molecule has 4 rings (SSSR count). The summed E-state index contributed by atoms with van der Waals surface area (Å²) in [6, 6.07) is 13.6. The lowest BCUT2D eigenvalue weighted by Crippen LogP contribution is -2.45. The number of amides is 2. The van der Waals surface area contributed by atoms with Crippen LogP contribution in [0.1, 0.15) is 22.0 Å². The lowest BCUT2D eigenvalue weighted by atomic mass is 9.98. The highest BCUT2D eigenvalue weighted by atomic mass is 32.2. The van der Waals surface area contributed by atoms with Crippen LogP contribution in [0.5, 0.6) is 0 Å². The van der Waals surface area contributed by atoms with Crippen LogP contribution < -0.4 is 15.4 Å². The summed E-state index contributed by atoms with van der Waals surface area (Å²) in [4.78, 5) is 27.2. The molecule has 0 radical (unpaired) electrons. The minimum atomic E-state index is -4.07. The first-order chi connectivity index (χ1) is 14.7. The van der Waals surface area contributed by atoms with E-state index >= 15 is 0 Å². The summed E-state index contributed by atoms with van der Waals surface area (Å²) >= 11 is 0. The van der Waals surface area contributed by atoms with Crippen LogP contribution in [0, 0.1) is 11.6 Å². The van der Waals surface area contributed by atoms with E-state index < -0.39 is 39.5 Å². The largest absolute Gasteiger partial charge is 0.322 e. The van der Waals surface area contributed by atoms with Crippen molar-refractivity contribution in [2.75, 3.05) is 10.2 Å². The molecule has 0 bridgehead atoms. The summed E-state index contributed by atoms with van der Waals surface area (Å²) in [6.07, 6.45) is 0. The second-order valence-corrected chi connectivity index (χ2v) is 8.39. The van der Waals surface area contributed by atoms with Gasteiger partial charge in [0.1, 0.15) is 6.04 Å². The Morgan fingerprint density at radius 3 is 2.32 bits per heavy atom. The Bertz CT molecular complexity index is 1310. The summed E-state index contributed by atoms with van der Waals surface area (Å²) in [5.74, 6) is -3.72. The molecule has 0 saturated carbocycles. The summed E-state index contributed by atoms with van der Waals surface area (Å²) < 4.78 is 50.5. The Kier molecular flexibility index (Phi) is 5.03. The number of halogens is 2. The minimum absolute atomic E-state index is 0.0413. The zero-order valence-corrected chi connectivity index (χ0v) is 16.6. The van der Waals surface area contributed by atoms with Crippen molar-refractivity contribution < 1.29 is 26.8 Å². The maximum atomic E-state index is 13.8. The van der Waals surface area contributed by atoms with E-state index in [-0.39, 0.29) is 21.8 Å². The average molecular weight is 443 g/mol. The van der Waals surface area contributed by atoms with Gasteiger partial charge in [-0.3, -0.25) is 14.5 Å². The predicted octanol–water partition coefficient (Wildman–Crippen LogP) is 2.95.